The molecule has 0 spiro atoms. The summed E-state index contributed by atoms with van der Waals surface area (Å²) in [4.78, 5) is 2.59. The van der Waals surface area contributed by atoms with Crippen molar-refractivity contribution in [2.45, 2.75) is 63.6 Å². The molecule has 3 heteroatoms. The SMILES string of the molecule is CCCC(N)CN1CCOC2CCCCC21. The van der Waals surface area contributed by atoms with Crippen molar-refractivity contribution in [3.05, 3.63) is 0 Å². The van der Waals surface area contributed by atoms with Crippen LogP contribution in [-0.2, 0) is 4.74 Å². The molecule has 0 radical (unpaired) electrons. The Morgan fingerprint density at radius 1 is 1.38 bits per heavy atom. The lowest BCUT2D eigenvalue weighted by Crippen LogP contribution is -2.55. The van der Waals surface area contributed by atoms with E-state index in [9.17, 15) is 0 Å². The van der Waals surface area contributed by atoms with E-state index in [-0.39, 0.29) is 0 Å². The van der Waals surface area contributed by atoms with Gasteiger partial charge in [-0.3, -0.25) is 4.90 Å². The second kappa shape index (κ2) is 5.99. The first-order valence-corrected chi connectivity index (χ1v) is 6.92. The molecule has 2 N–H and O–H groups in total. The molecule has 2 rings (SSSR count). The fourth-order valence-electron chi connectivity index (χ4n) is 3.17. The first-order valence-electron chi connectivity index (χ1n) is 6.92. The molecule has 1 aliphatic heterocycles. The highest BCUT2D eigenvalue weighted by Gasteiger charge is 2.34. The standard InChI is InChI=1S/C13H26N2O/c1-2-5-11(14)10-15-8-9-16-13-7-4-3-6-12(13)15/h11-13H,2-10,14H2,1H3. The van der Waals surface area contributed by atoms with Gasteiger partial charge in [0.25, 0.3) is 0 Å². The van der Waals surface area contributed by atoms with Gasteiger partial charge in [0.05, 0.1) is 12.7 Å². The molecule has 94 valence electrons. The van der Waals surface area contributed by atoms with Gasteiger partial charge in [0, 0.05) is 25.2 Å². The Bertz CT molecular complexity index is 208. The number of nitrogens with zero attached hydrogens (tertiary/aromatic N) is 1. The monoisotopic (exact) mass is 226 g/mol. The van der Waals surface area contributed by atoms with Crippen LogP contribution in [0.15, 0.2) is 0 Å². The molecule has 0 aromatic heterocycles. The Morgan fingerprint density at radius 3 is 3.00 bits per heavy atom. The molecule has 1 saturated heterocycles. The van der Waals surface area contributed by atoms with Crippen LogP contribution in [0.1, 0.15) is 45.4 Å². The summed E-state index contributed by atoms with van der Waals surface area (Å²) in [6, 6.07) is 1.01. The molecule has 2 aliphatic rings. The summed E-state index contributed by atoms with van der Waals surface area (Å²) in [6.45, 7) is 5.26. The topological polar surface area (TPSA) is 38.5 Å². The molecule has 2 fully saturated rings. The summed E-state index contributed by atoms with van der Waals surface area (Å²) in [7, 11) is 0. The number of fused-ring (bicyclic) bond motifs is 1. The van der Waals surface area contributed by atoms with Gasteiger partial charge in [-0.1, -0.05) is 26.2 Å². The zero-order valence-electron chi connectivity index (χ0n) is 10.5. The average Bonchev–Trinajstić information content (AvgIpc) is 2.30. The van der Waals surface area contributed by atoms with Crippen molar-refractivity contribution in [1.82, 2.24) is 4.90 Å². The van der Waals surface area contributed by atoms with Crippen LogP contribution in [0.25, 0.3) is 0 Å². The lowest BCUT2D eigenvalue weighted by Gasteiger charge is -2.44. The molecule has 0 bridgehead atoms. The summed E-state index contributed by atoms with van der Waals surface area (Å²) >= 11 is 0. The zero-order valence-corrected chi connectivity index (χ0v) is 10.5. The molecule has 0 aromatic rings. The molecule has 3 unspecified atom stereocenters. The van der Waals surface area contributed by atoms with Crippen molar-refractivity contribution in [1.29, 1.82) is 0 Å². The Labute approximate surface area is 99.3 Å². The van der Waals surface area contributed by atoms with E-state index in [0.717, 1.165) is 26.1 Å². The van der Waals surface area contributed by atoms with Crippen molar-refractivity contribution in [3.63, 3.8) is 0 Å². The molecule has 0 aromatic carbocycles. The van der Waals surface area contributed by atoms with Crippen molar-refractivity contribution >= 4 is 0 Å². The lowest BCUT2D eigenvalue weighted by atomic mass is 9.90. The quantitative estimate of drug-likeness (QED) is 0.794. The Balaban J connectivity index is 1.87. The summed E-state index contributed by atoms with van der Waals surface area (Å²) < 4.78 is 5.87. The van der Waals surface area contributed by atoms with Crippen molar-refractivity contribution in [2.24, 2.45) is 5.73 Å². The molecule has 3 atom stereocenters. The first kappa shape index (κ1) is 12.3. The van der Waals surface area contributed by atoms with Crippen LogP contribution in [0.5, 0.6) is 0 Å². The van der Waals surface area contributed by atoms with Gasteiger partial charge in [-0.2, -0.15) is 0 Å². The van der Waals surface area contributed by atoms with E-state index < -0.39 is 0 Å². The highest BCUT2D eigenvalue weighted by atomic mass is 16.5. The molecular formula is C13H26N2O. The molecule has 1 aliphatic carbocycles. The maximum Gasteiger partial charge on any atom is 0.0730 e. The fraction of sp³-hybridized carbons (Fsp3) is 1.00. The van der Waals surface area contributed by atoms with Crippen molar-refractivity contribution in [2.75, 3.05) is 19.7 Å². The summed E-state index contributed by atoms with van der Waals surface area (Å²) in [5.74, 6) is 0. The highest BCUT2D eigenvalue weighted by Crippen LogP contribution is 2.28. The molecule has 3 nitrogen and oxygen atoms in total. The largest absolute Gasteiger partial charge is 0.375 e. The van der Waals surface area contributed by atoms with Gasteiger partial charge in [-0.15, -0.1) is 0 Å². The molecule has 16 heavy (non-hydrogen) atoms. The predicted octanol–water partition coefficient (Wildman–Crippen LogP) is 1.76. The van der Waals surface area contributed by atoms with E-state index >= 15 is 0 Å². The van der Waals surface area contributed by atoms with Gasteiger partial charge in [-0.25, -0.2) is 0 Å². The van der Waals surface area contributed by atoms with E-state index in [1.54, 1.807) is 0 Å². The van der Waals surface area contributed by atoms with E-state index in [1.807, 2.05) is 0 Å². The average molecular weight is 226 g/mol. The van der Waals surface area contributed by atoms with Crippen LogP contribution >= 0.6 is 0 Å². The fourth-order valence-corrected chi connectivity index (χ4v) is 3.17. The third kappa shape index (κ3) is 2.96. The third-order valence-electron chi connectivity index (χ3n) is 3.98. The van der Waals surface area contributed by atoms with Crippen LogP contribution in [0.4, 0.5) is 0 Å². The predicted molar refractivity (Wildman–Crippen MR) is 66.5 cm³/mol. The van der Waals surface area contributed by atoms with Crippen LogP contribution < -0.4 is 5.73 Å². The van der Waals surface area contributed by atoms with Gasteiger partial charge in [-0.05, 0) is 19.3 Å². The lowest BCUT2D eigenvalue weighted by molar-refractivity contribution is -0.0894. The highest BCUT2D eigenvalue weighted by molar-refractivity contribution is 4.88. The normalized spacial score (nSPS) is 33.4. The molecular weight excluding hydrogens is 200 g/mol. The summed E-state index contributed by atoms with van der Waals surface area (Å²) in [6.07, 6.45) is 8.11. The van der Waals surface area contributed by atoms with E-state index in [1.165, 1.54) is 32.1 Å². The van der Waals surface area contributed by atoms with Crippen LogP contribution in [0, 0.1) is 0 Å². The van der Waals surface area contributed by atoms with E-state index in [0.29, 0.717) is 18.2 Å². The second-order valence-electron chi connectivity index (χ2n) is 5.30. The minimum absolute atomic E-state index is 0.352. The number of hydrogen-bond acceptors (Lipinski definition) is 3. The molecule has 0 amide bonds. The molecule has 1 heterocycles. The van der Waals surface area contributed by atoms with Gasteiger partial charge in [0.1, 0.15) is 0 Å². The summed E-state index contributed by atoms with van der Waals surface area (Å²) in [5, 5.41) is 0. The maximum atomic E-state index is 6.15. The Hall–Kier alpha value is -0.120. The minimum atomic E-state index is 0.352. The first-order chi connectivity index (χ1) is 7.81. The van der Waals surface area contributed by atoms with Crippen molar-refractivity contribution in [3.8, 4) is 0 Å². The Morgan fingerprint density at radius 2 is 2.19 bits per heavy atom. The smallest absolute Gasteiger partial charge is 0.0730 e. The van der Waals surface area contributed by atoms with Gasteiger partial charge < -0.3 is 10.5 Å². The van der Waals surface area contributed by atoms with Crippen molar-refractivity contribution < 1.29 is 4.74 Å². The Kier molecular flexibility index (Phi) is 4.62. The number of ether oxygens (including phenoxy) is 1. The number of rotatable bonds is 4. The van der Waals surface area contributed by atoms with Gasteiger partial charge >= 0.3 is 0 Å². The van der Waals surface area contributed by atoms with Crippen LogP contribution in [0.2, 0.25) is 0 Å². The zero-order chi connectivity index (χ0) is 11.4. The minimum Gasteiger partial charge on any atom is -0.375 e. The number of nitrogens with two attached hydrogens (primary N) is 1. The van der Waals surface area contributed by atoms with E-state index in [4.69, 9.17) is 10.5 Å². The molecule has 1 saturated carbocycles. The van der Waals surface area contributed by atoms with Gasteiger partial charge in [0.15, 0.2) is 0 Å². The van der Waals surface area contributed by atoms with Crippen LogP contribution in [-0.4, -0.2) is 42.8 Å². The van der Waals surface area contributed by atoms with Crippen LogP contribution in [0.3, 0.4) is 0 Å². The van der Waals surface area contributed by atoms with Gasteiger partial charge in [0.2, 0.25) is 0 Å². The summed E-state index contributed by atoms with van der Waals surface area (Å²) in [5.41, 5.74) is 6.15. The number of hydrogen-bond donors (Lipinski definition) is 1. The second-order valence-corrected chi connectivity index (χ2v) is 5.30. The maximum absolute atomic E-state index is 6.15. The number of morpholine rings is 1. The third-order valence-corrected chi connectivity index (χ3v) is 3.98. The van der Waals surface area contributed by atoms with E-state index in [2.05, 4.69) is 11.8 Å².